The highest BCUT2D eigenvalue weighted by molar-refractivity contribution is 5.89. The molecule has 1 atom stereocenters. The first kappa shape index (κ1) is 18.3. The summed E-state index contributed by atoms with van der Waals surface area (Å²) < 4.78 is 5.09. The monoisotopic (exact) mass is 314 g/mol. The molecular weight excluding hydrogens is 288 g/mol. The number of carboxylic acid groups (broad SMARTS) is 1. The number of carbonyl (C=O) groups excluding carboxylic acids is 2. The van der Waals surface area contributed by atoms with Crippen LogP contribution < -0.4 is 5.32 Å². The summed E-state index contributed by atoms with van der Waals surface area (Å²) in [4.78, 5) is 36.8. The van der Waals surface area contributed by atoms with E-state index in [9.17, 15) is 14.4 Å². The molecule has 7 nitrogen and oxygen atoms in total. The number of alkyl carbamates (subject to hydrolysis) is 1. The van der Waals surface area contributed by atoms with Crippen LogP contribution in [0.25, 0.3) is 0 Å². The van der Waals surface area contributed by atoms with Crippen molar-refractivity contribution < 1.29 is 24.2 Å². The molecule has 126 valence electrons. The van der Waals surface area contributed by atoms with Gasteiger partial charge in [-0.25, -0.2) is 4.79 Å². The molecule has 1 rings (SSSR count). The summed E-state index contributed by atoms with van der Waals surface area (Å²) in [5.74, 6) is -0.944. The zero-order valence-electron chi connectivity index (χ0n) is 13.7. The van der Waals surface area contributed by atoms with Crippen LogP contribution in [0, 0.1) is 5.92 Å². The second-order valence-electron chi connectivity index (χ2n) is 6.80. The Morgan fingerprint density at radius 1 is 1.27 bits per heavy atom. The van der Waals surface area contributed by atoms with E-state index < -0.39 is 30.1 Å². The van der Waals surface area contributed by atoms with E-state index in [-0.39, 0.29) is 5.91 Å². The molecule has 2 amide bonds. The Labute approximate surface area is 131 Å². The fourth-order valence-electron chi connectivity index (χ4n) is 2.27. The average molecular weight is 314 g/mol. The maximum absolute atomic E-state index is 12.4. The van der Waals surface area contributed by atoms with Gasteiger partial charge < -0.3 is 20.1 Å². The minimum Gasteiger partial charge on any atom is -0.481 e. The van der Waals surface area contributed by atoms with Crippen molar-refractivity contribution in [3.63, 3.8) is 0 Å². The van der Waals surface area contributed by atoms with Crippen LogP contribution in [-0.4, -0.2) is 52.7 Å². The Morgan fingerprint density at radius 3 is 2.27 bits per heavy atom. The molecule has 1 unspecified atom stereocenters. The molecule has 1 aliphatic rings. The van der Waals surface area contributed by atoms with Gasteiger partial charge in [0.05, 0.1) is 6.42 Å². The lowest BCUT2D eigenvalue weighted by Gasteiger charge is -2.33. The average Bonchev–Trinajstić information content (AvgIpc) is 2.35. The zero-order valence-corrected chi connectivity index (χ0v) is 13.7. The summed E-state index contributed by atoms with van der Waals surface area (Å²) in [5.41, 5.74) is -0.707. The van der Waals surface area contributed by atoms with E-state index in [1.54, 1.807) is 25.7 Å². The van der Waals surface area contributed by atoms with E-state index in [0.717, 1.165) is 12.8 Å². The fraction of sp³-hybridized carbons (Fsp3) is 0.800. The molecule has 1 saturated heterocycles. The van der Waals surface area contributed by atoms with E-state index >= 15 is 0 Å². The summed E-state index contributed by atoms with van der Waals surface area (Å²) in [7, 11) is 0. The molecule has 0 saturated carbocycles. The van der Waals surface area contributed by atoms with Gasteiger partial charge in [-0.3, -0.25) is 9.59 Å². The van der Waals surface area contributed by atoms with Crippen molar-refractivity contribution in [3.05, 3.63) is 0 Å². The van der Waals surface area contributed by atoms with Gasteiger partial charge in [-0.1, -0.05) is 6.92 Å². The first-order valence-electron chi connectivity index (χ1n) is 7.58. The Hall–Kier alpha value is -1.79. The number of ether oxygens (including phenoxy) is 1. The second kappa shape index (κ2) is 7.47. The Balaban J connectivity index is 2.68. The quantitative estimate of drug-likeness (QED) is 0.822. The van der Waals surface area contributed by atoms with Crippen LogP contribution in [0.2, 0.25) is 0 Å². The van der Waals surface area contributed by atoms with Crippen molar-refractivity contribution in [1.29, 1.82) is 0 Å². The molecule has 0 spiro atoms. The van der Waals surface area contributed by atoms with Crippen LogP contribution in [0.5, 0.6) is 0 Å². The third-order valence-corrected chi connectivity index (χ3v) is 3.46. The largest absolute Gasteiger partial charge is 0.481 e. The van der Waals surface area contributed by atoms with Crippen molar-refractivity contribution in [1.82, 2.24) is 10.2 Å². The molecular formula is C15H26N2O5. The first-order valence-corrected chi connectivity index (χ1v) is 7.58. The van der Waals surface area contributed by atoms with Crippen molar-refractivity contribution in [2.24, 2.45) is 5.92 Å². The van der Waals surface area contributed by atoms with Crippen molar-refractivity contribution >= 4 is 18.0 Å². The van der Waals surface area contributed by atoms with E-state index in [2.05, 4.69) is 12.2 Å². The second-order valence-corrected chi connectivity index (χ2v) is 6.80. The molecule has 0 aromatic rings. The highest BCUT2D eigenvalue weighted by Gasteiger charge is 2.31. The summed E-state index contributed by atoms with van der Waals surface area (Å²) in [6.07, 6.45) is 0.539. The molecule has 1 fully saturated rings. The van der Waals surface area contributed by atoms with Crippen LogP contribution >= 0.6 is 0 Å². The molecule has 7 heteroatoms. The van der Waals surface area contributed by atoms with Crippen LogP contribution in [-0.2, 0) is 14.3 Å². The normalized spacial score (nSPS) is 17.7. The molecule has 0 aromatic heterocycles. The van der Waals surface area contributed by atoms with Gasteiger partial charge in [0.25, 0.3) is 0 Å². The predicted molar refractivity (Wildman–Crippen MR) is 80.4 cm³/mol. The number of carbonyl (C=O) groups is 3. The fourth-order valence-corrected chi connectivity index (χ4v) is 2.27. The Morgan fingerprint density at radius 2 is 1.82 bits per heavy atom. The maximum atomic E-state index is 12.4. The van der Waals surface area contributed by atoms with Crippen molar-refractivity contribution in [2.75, 3.05) is 13.1 Å². The number of rotatable bonds is 4. The van der Waals surface area contributed by atoms with Gasteiger partial charge in [-0.05, 0) is 39.5 Å². The van der Waals surface area contributed by atoms with Crippen LogP contribution in [0.15, 0.2) is 0 Å². The van der Waals surface area contributed by atoms with Gasteiger partial charge in [-0.2, -0.15) is 0 Å². The third kappa shape index (κ3) is 6.32. The predicted octanol–water partition coefficient (Wildman–Crippen LogP) is 1.61. The number of likely N-dealkylation sites (tertiary alicyclic amines) is 1. The number of carboxylic acids is 1. The molecule has 0 radical (unpaired) electrons. The van der Waals surface area contributed by atoms with Gasteiger partial charge in [0.15, 0.2) is 0 Å². The van der Waals surface area contributed by atoms with E-state index in [4.69, 9.17) is 9.84 Å². The molecule has 0 aromatic carbocycles. The molecule has 1 heterocycles. The molecule has 22 heavy (non-hydrogen) atoms. The lowest BCUT2D eigenvalue weighted by Crippen LogP contribution is -2.52. The van der Waals surface area contributed by atoms with Crippen LogP contribution in [0.4, 0.5) is 4.79 Å². The number of aliphatic carboxylic acids is 1. The minimum absolute atomic E-state index is 0.361. The number of hydrogen-bond acceptors (Lipinski definition) is 4. The number of piperidine rings is 1. The van der Waals surface area contributed by atoms with Crippen LogP contribution in [0.1, 0.15) is 47.0 Å². The SMILES string of the molecule is CC1CCN(C(=O)C(CC(=O)O)NC(=O)OC(C)(C)C)CC1. The van der Waals surface area contributed by atoms with E-state index in [0.29, 0.717) is 19.0 Å². The molecule has 2 N–H and O–H groups in total. The standard InChI is InChI=1S/C15H26N2O5/c1-10-5-7-17(8-6-10)13(20)11(9-12(18)19)16-14(21)22-15(2,3)4/h10-11H,5-9H2,1-4H3,(H,16,21)(H,18,19). The lowest BCUT2D eigenvalue weighted by atomic mass is 9.98. The van der Waals surface area contributed by atoms with Gasteiger partial charge in [0.1, 0.15) is 11.6 Å². The van der Waals surface area contributed by atoms with Crippen molar-refractivity contribution in [2.45, 2.75) is 58.6 Å². The highest BCUT2D eigenvalue weighted by atomic mass is 16.6. The van der Waals surface area contributed by atoms with Crippen LogP contribution in [0.3, 0.4) is 0 Å². The molecule has 1 aliphatic heterocycles. The molecule has 0 aliphatic carbocycles. The van der Waals surface area contributed by atoms with Gasteiger partial charge in [-0.15, -0.1) is 0 Å². The van der Waals surface area contributed by atoms with Gasteiger partial charge in [0, 0.05) is 13.1 Å². The molecule has 0 bridgehead atoms. The number of hydrogen-bond donors (Lipinski definition) is 2. The summed E-state index contributed by atoms with van der Waals surface area (Å²) in [6, 6.07) is -1.10. The smallest absolute Gasteiger partial charge is 0.408 e. The minimum atomic E-state index is -1.14. The van der Waals surface area contributed by atoms with Gasteiger partial charge in [0.2, 0.25) is 5.91 Å². The Bertz CT molecular complexity index is 422. The van der Waals surface area contributed by atoms with E-state index in [1.807, 2.05) is 0 Å². The lowest BCUT2D eigenvalue weighted by molar-refractivity contribution is -0.143. The zero-order chi connectivity index (χ0) is 16.9. The number of nitrogens with zero attached hydrogens (tertiary/aromatic N) is 1. The summed E-state index contributed by atoms with van der Waals surface area (Å²) in [6.45, 7) is 8.40. The topological polar surface area (TPSA) is 95.9 Å². The summed E-state index contributed by atoms with van der Waals surface area (Å²) >= 11 is 0. The number of nitrogens with one attached hydrogen (secondary N) is 1. The summed E-state index contributed by atoms with van der Waals surface area (Å²) in [5, 5.41) is 11.3. The maximum Gasteiger partial charge on any atom is 0.408 e. The first-order chi connectivity index (χ1) is 10.1. The van der Waals surface area contributed by atoms with Gasteiger partial charge >= 0.3 is 12.1 Å². The van der Waals surface area contributed by atoms with Crippen molar-refractivity contribution in [3.8, 4) is 0 Å². The van der Waals surface area contributed by atoms with E-state index in [1.165, 1.54) is 0 Å². The highest BCUT2D eigenvalue weighted by Crippen LogP contribution is 2.17. The Kier molecular flexibility index (Phi) is 6.20. The third-order valence-electron chi connectivity index (χ3n) is 3.46. The number of amides is 2.